The molecule has 0 unspecified atom stereocenters. The Morgan fingerprint density at radius 2 is 1.60 bits per heavy atom. The summed E-state index contributed by atoms with van der Waals surface area (Å²) >= 11 is 3.42. The van der Waals surface area contributed by atoms with Crippen LogP contribution in [0.5, 0.6) is 0 Å². The summed E-state index contributed by atoms with van der Waals surface area (Å²) in [6, 6.07) is 11.7. The van der Waals surface area contributed by atoms with Gasteiger partial charge >= 0.3 is 0 Å². The third-order valence-corrected chi connectivity index (χ3v) is 2.95. The van der Waals surface area contributed by atoms with E-state index < -0.39 is 0 Å². The molecule has 0 saturated heterocycles. The number of fused-ring (bicyclic) bond motifs is 3. The van der Waals surface area contributed by atoms with Gasteiger partial charge in [-0.3, -0.25) is 0 Å². The lowest BCUT2D eigenvalue weighted by Crippen LogP contribution is -1.98. The van der Waals surface area contributed by atoms with Gasteiger partial charge in [0.15, 0.2) is 0 Å². The molecule has 1 heterocycles. The van der Waals surface area contributed by atoms with E-state index in [9.17, 15) is 0 Å². The lowest BCUT2D eigenvalue weighted by Gasteiger charge is -1.91. The molecule has 0 amide bonds. The quantitative estimate of drug-likeness (QED) is 0.564. The first-order valence-electron chi connectivity index (χ1n) is 4.61. The van der Waals surface area contributed by atoms with Gasteiger partial charge in [-0.05, 0) is 24.3 Å². The Morgan fingerprint density at radius 1 is 0.933 bits per heavy atom. The highest BCUT2D eigenvalue weighted by Gasteiger charge is 2.06. The van der Waals surface area contributed by atoms with E-state index in [1.165, 1.54) is 0 Å². The molecule has 0 aliphatic heterocycles. The molecule has 1 nitrogen and oxygen atoms in total. The first-order valence-corrected chi connectivity index (χ1v) is 5.40. The normalized spacial score (nSPS) is 11.3. The summed E-state index contributed by atoms with van der Waals surface area (Å²) in [6.45, 7) is 0. The third-order valence-electron chi connectivity index (χ3n) is 2.46. The van der Waals surface area contributed by atoms with Gasteiger partial charge < -0.3 is 4.42 Å². The number of halogens is 1. The highest BCUT2D eigenvalue weighted by Crippen LogP contribution is 2.29. The van der Waals surface area contributed by atoms with Crippen LogP contribution in [0.4, 0.5) is 0 Å². The Kier molecular flexibility index (Phi) is 1.89. The van der Waals surface area contributed by atoms with Gasteiger partial charge in [0.1, 0.15) is 19.0 Å². The Hall–Kier alpha value is -1.22. The molecule has 2 aromatic carbocycles. The molecule has 0 spiro atoms. The fraction of sp³-hybridized carbons (Fsp3) is 0. The molecule has 0 atom stereocenters. The molecule has 3 aromatic rings. The van der Waals surface area contributed by atoms with E-state index in [-0.39, 0.29) is 0 Å². The Balaban J connectivity index is 2.51. The van der Waals surface area contributed by atoms with Crippen molar-refractivity contribution in [2.45, 2.75) is 0 Å². The summed E-state index contributed by atoms with van der Waals surface area (Å²) in [4.78, 5) is 0. The third kappa shape index (κ3) is 1.38. The minimum absolute atomic E-state index is 0.723. The van der Waals surface area contributed by atoms with E-state index >= 15 is 0 Å². The van der Waals surface area contributed by atoms with Crippen molar-refractivity contribution in [2.24, 2.45) is 0 Å². The fourth-order valence-corrected chi connectivity index (χ4v) is 2.11. The predicted molar refractivity (Wildman–Crippen MR) is 66.8 cm³/mol. The first-order chi connectivity index (χ1) is 7.24. The average Bonchev–Trinajstić information content (AvgIpc) is 2.53. The van der Waals surface area contributed by atoms with Crippen molar-refractivity contribution < 1.29 is 4.42 Å². The number of hydrogen-bond acceptors (Lipinski definition) is 1. The zero-order valence-corrected chi connectivity index (χ0v) is 9.41. The van der Waals surface area contributed by atoms with Gasteiger partial charge in [-0.15, -0.1) is 0 Å². The van der Waals surface area contributed by atoms with Gasteiger partial charge in [-0.25, -0.2) is 0 Å². The van der Waals surface area contributed by atoms with Gasteiger partial charge in [0.2, 0.25) is 0 Å². The molecule has 3 rings (SSSR count). The molecule has 1 aromatic heterocycles. The molecular weight excluding hydrogens is 251 g/mol. The summed E-state index contributed by atoms with van der Waals surface area (Å²) in [5.74, 6) is 0. The lowest BCUT2D eigenvalue weighted by atomic mass is 9.95. The second-order valence-electron chi connectivity index (χ2n) is 3.50. The van der Waals surface area contributed by atoms with Crippen LogP contribution in [-0.2, 0) is 0 Å². The molecule has 0 fully saturated rings. The van der Waals surface area contributed by atoms with Crippen molar-refractivity contribution >= 4 is 51.2 Å². The van der Waals surface area contributed by atoms with Crippen LogP contribution in [-0.4, -0.2) is 7.85 Å². The van der Waals surface area contributed by atoms with E-state index in [1.54, 1.807) is 0 Å². The first kappa shape index (κ1) is 9.04. The molecule has 0 aliphatic carbocycles. The second-order valence-corrected chi connectivity index (χ2v) is 4.41. The number of furan rings is 1. The fourth-order valence-electron chi connectivity index (χ4n) is 1.77. The minimum atomic E-state index is 0.723. The van der Waals surface area contributed by atoms with Crippen molar-refractivity contribution in [1.29, 1.82) is 0 Å². The van der Waals surface area contributed by atoms with Crippen LogP contribution >= 0.6 is 15.9 Å². The molecule has 70 valence electrons. The van der Waals surface area contributed by atoms with Crippen LogP contribution in [0.3, 0.4) is 0 Å². The largest absolute Gasteiger partial charge is 0.456 e. The zero-order chi connectivity index (χ0) is 10.4. The SMILES string of the molecule is [B]c1ccc2c(c1)oc1cc(Br)ccc12. The van der Waals surface area contributed by atoms with Crippen molar-refractivity contribution in [2.75, 3.05) is 0 Å². The van der Waals surface area contributed by atoms with Crippen molar-refractivity contribution in [3.8, 4) is 0 Å². The minimum Gasteiger partial charge on any atom is -0.456 e. The van der Waals surface area contributed by atoms with E-state index in [4.69, 9.17) is 12.3 Å². The number of benzene rings is 2. The smallest absolute Gasteiger partial charge is 0.136 e. The summed E-state index contributed by atoms with van der Waals surface area (Å²) in [7, 11) is 5.71. The predicted octanol–water partition coefficient (Wildman–Crippen LogP) is 3.14. The van der Waals surface area contributed by atoms with Gasteiger partial charge in [-0.1, -0.05) is 33.5 Å². The second kappa shape index (κ2) is 3.14. The van der Waals surface area contributed by atoms with Gasteiger partial charge in [0, 0.05) is 15.2 Å². The Labute approximate surface area is 96.6 Å². The summed E-state index contributed by atoms with van der Waals surface area (Å²) in [5, 5.41) is 2.22. The van der Waals surface area contributed by atoms with Crippen molar-refractivity contribution in [1.82, 2.24) is 0 Å². The van der Waals surface area contributed by atoms with Gasteiger partial charge in [0.25, 0.3) is 0 Å². The molecule has 0 saturated carbocycles. The standard InChI is InChI=1S/C12H6BBrO/c13-7-1-3-9-10-4-2-8(14)6-12(10)15-11(9)5-7/h1-6H. The number of rotatable bonds is 0. The molecule has 0 aliphatic rings. The van der Waals surface area contributed by atoms with Crippen LogP contribution in [0, 0.1) is 0 Å². The topological polar surface area (TPSA) is 13.1 Å². The van der Waals surface area contributed by atoms with Crippen LogP contribution in [0.2, 0.25) is 0 Å². The number of hydrogen-bond donors (Lipinski definition) is 0. The zero-order valence-electron chi connectivity index (χ0n) is 7.83. The summed E-state index contributed by atoms with van der Waals surface area (Å²) in [5.41, 5.74) is 2.44. The highest BCUT2D eigenvalue weighted by molar-refractivity contribution is 9.10. The monoisotopic (exact) mass is 256 g/mol. The molecule has 15 heavy (non-hydrogen) atoms. The van der Waals surface area contributed by atoms with Gasteiger partial charge in [-0.2, -0.15) is 0 Å². The lowest BCUT2D eigenvalue weighted by molar-refractivity contribution is 0.669. The Bertz CT molecular complexity index is 601. The summed E-state index contributed by atoms with van der Waals surface area (Å²) in [6.07, 6.45) is 0. The average molecular weight is 257 g/mol. The highest BCUT2D eigenvalue weighted by atomic mass is 79.9. The van der Waals surface area contributed by atoms with Gasteiger partial charge in [0.05, 0.1) is 0 Å². The van der Waals surface area contributed by atoms with E-state index in [1.807, 2.05) is 36.4 Å². The maximum absolute atomic E-state index is 5.71. The Morgan fingerprint density at radius 3 is 2.40 bits per heavy atom. The maximum Gasteiger partial charge on any atom is 0.136 e. The van der Waals surface area contributed by atoms with Crippen LogP contribution in [0.1, 0.15) is 0 Å². The van der Waals surface area contributed by atoms with Crippen LogP contribution in [0.15, 0.2) is 45.3 Å². The molecular formula is C12H6BBrO. The van der Waals surface area contributed by atoms with Crippen molar-refractivity contribution in [3.05, 3.63) is 40.9 Å². The van der Waals surface area contributed by atoms with E-state index in [0.29, 0.717) is 0 Å². The molecule has 2 radical (unpaired) electrons. The van der Waals surface area contributed by atoms with Crippen LogP contribution in [0.25, 0.3) is 21.9 Å². The molecule has 3 heteroatoms. The maximum atomic E-state index is 5.71. The summed E-state index contributed by atoms with van der Waals surface area (Å²) < 4.78 is 6.72. The van der Waals surface area contributed by atoms with E-state index in [0.717, 1.165) is 31.9 Å². The van der Waals surface area contributed by atoms with E-state index in [2.05, 4.69) is 15.9 Å². The molecule has 0 N–H and O–H groups in total. The van der Waals surface area contributed by atoms with Crippen molar-refractivity contribution in [3.63, 3.8) is 0 Å². The molecule has 0 bridgehead atoms. The van der Waals surface area contributed by atoms with Crippen LogP contribution < -0.4 is 5.46 Å².